The Kier molecular flexibility index (Phi) is 4.10. The van der Waals surface area contributed by atoms with Crippen LogP contribution in [0.1, 0.15) is 5.82 Å². The summed E-state index contributed by atoms with van der Waals surface area (Å²) < 4.78 is 27.6. The van der Waals surface area contributed by atoms with E-state index in [9.17, 15) is 8.42 Å². The molecule has 0 saturated heterocycles. The zero-order valence-electron chi connectivity index (χ0n) is 8.76. The lowest BCUT2D eigenvalue weighted by molar-refractivity contribution is 0.578. The van der Waals surface area contributed by atoms with Crippen LogP contribution in [0.5, 0.6) is 0 Å². The number of benzene rings is 1. The lowest BCUT2D eigenvalue weighted by atomic mass is 10.4. The van der Waals surface area contributed by atoms with E-state index in [2.05, 4.69) is 57.2 Å². The number of nitrogens with zero attached hydrogens (tertiary/aromatic N) is 3. The number of H-pyrrole nitrogens is 1. The predicted molar refractivity (Wildman–Crippen MR) is 70.0 cm³/mol. The summed E-state index contributed by atoms with van der Waals surface area (Å²) in [4.78, 5) is 0.139. The average Bonchev–Trinajstić information content (AvgIpc) is 2.83. The lowest BCUT2D eigenvalue weighted by Crippen LogP contribution is -2.24. The molecule has 0 unspecified atom stereocenters. The largest absolute Gasteiger partial charge is 0.242 e. The van der Waals surface area contributed by atoms with E-state index in [4.69, 9.17) is 0 Å². The number of rotatable bonds is 4. The number of sulfonamides is 1. The molecule has 0 radical (unpaired) electrons. The smallest absolute Gasteiger partial charge is 0.207 e. The van der Waals surface area contributed by atoms with Gasteiger partial charge in [0, 0.05) is 8.95 Å². The zero-order chi connectivity index (χ0) is 13.2. The minimum Gasteiger partial charge on any atom is -0.207 e. The highest BCUT2D eigenvalue weighted by Crippen LogP contribution is 2.25. The molecule has 96 valence electrons. The van der Waals surface area contributed by atoms with Crippen LogP contribution in [0.2, 0.25) is 0 Å². The van der Waals surface area contributed by atoms with Crippen LogP contribution in [-0.2, 0) is 16.6 Å². The van der Waals surface area contributed by atoms with E-state index in [1.807, 2.05) is 0 Å². The highest BCUT2D eigenvalue weighted by atomic mass is 79.9. The van der Waals surface area contributed by atoms with E-state index in [0.29, 0.717) is 8.95 Å². The van der Waals surface area contributed by atoms with Crippen LogP contribution in [-0.4, -0.2) is 29.0 Å². The van der Waals surface area contributed by atoms with Gasteiger partial charge in [-0.25, -0.2) is 13.1 Å². The van der Waals surface area contributed by atoms with Crippen molar-refractivity contribution < 1.29 is 8.42 Å². The van der Waals surface area contributed by atoms with Crippen molar-refractivity contribution in [1.29, 1.82) is 0 Å². The van der Waals surface area contributed by atoms with Crippen molar-refractivity contribution in [2.75, 3.05) is 0 Å². The van der Waals surface area contributed by atoms with Crippen LogP contribution < -0.4 is 4.72 Å². The summed E-state index contributed by atoms with van der Waals surface area (Å²) in [5, 5.41) is 12.9. The van der Waals surface area contributed by atoms with Gasteiger partial charge in [0.25, 0.3) is 0 Å². The van der Waals surface area contributed by atoms with E-state index < -0.39 is 10.0 Å². The van der Waals surface area contributed by atoms with Crippen molar-refractivity contribution in [3.63, 3.8) is 0 Å². The Morgan fingerprint density at radius 3 is 2.78 bits per heavy atom. The lowest BCUT2D eigenvalue weighted by Gasteiger charge is -2.07. The SMILES string of the molecule is O=S(=O)(NCc1nn[nH]n1)c1cc(Br)ccc1Br. The van der Waals surface area contributed by atoms with Crippen LogP contribution in [0.4, 0.5) is 0 Å². The third-order valence-electron chi connectivity index (χ3n) is 1.99. The topological polar surface area (TPSA) is 101 Å². The second kappa shape index (κ2) is 5.43. The number of aromatic amines is 1. The second-order valence-corrected chi connectivity index (χ2v) is 6.73. The standard InChI is InChI=1S/C8H7Br2N5O2S/c9-5-1-2-6(10)7(3-5)18(16,17)11-4-8-12-14-15-13-8/h1-3,11H,4H2,(H,12,13,14,15). The normalized spacial score (nSPS) is 11.7. The fourth-order valence-corrected chi connectivity index (χ4v) is 3.66. The molecule has 1 heterocycles. The molecular formula is C8H7Br2N5O2S. The molecule has 0 fully saturated rings. The first-order chi connectivity index (χ1) is 8.49. The molecule has 0 aliphatic carbocycles. The molecule has 2 aromatic rings. The Hall–Kier alpha value is -0.840. The van der Waals surface area contributed by atoms with Crippen molar-refractivity contribution in [2.45, 2.75) is 11.4 Å². The molecule has 18 heavy (non-hydrogen) atoms. The fourth-order valence-electron chi connectivity index (χ4n) is 1.18. The first-order valence-corrected chi connectivity index (χ1v) is 7.73. The highest BCUT2D eigenvalue weighted by Gasteiger charge is 2.18. The predicted octanol–water partition coefficient (Wildman–Crippen LogP) is 1.20. The van der Waals surface area contributed by atoms with Gasteiger partial charge in [-0.15, -0.1) is 10.2 Å². The molecular weight excluding hydrogens is 390 g/mol. The molecule has 2 N–H and O–H groups in total. The maximum atomic E-state index is 12.1. The summed E-state index contributed by atoms with van der Waals surface area (Å²) in [6.45, 7) is -0.0300. The summed E-state index contributed by atoms with van der Waals surface area (Å²) in [6.07, 6.45) is 0. The molecule has 1 aromatic heterocycles. The molecule has 2 rings (SSSR count). The number of aromatic nitrogens is 4. The molecule has 0 amide bonds. The quantitative estimate of drug-likeness (QED) is 0.808. The number of nitrogens with one attached hydrogen (secondary N) is 2. The van der Waals surface area contributed by atoms with Gasteiger partial charge < -0.3 is 0 Å². The highest BCUT2D eigenvalue weighted by molar-refractivity contribution is 9.11. The van der Waals surface area contributed by atoms with Crippen LogP contribution in [0.15, 0.2) is 32.0 Å². The first-order valence-electron chi connectivity index (χ1n) is 4.66. The van der Waals surface area contributed by atoms with Gasteiger partial charge in [-0.3, -0.25) is 0 Å². The molecule has 7 nitrogen and oxygen atoms in total. The van der Waals surface area contributed by atoms with Gasteiger partial charge in [0.2, 0.25) is 10.0 Å². The monoisotopic (exact) mass is 395 g/mol. The third kappa shape index (κ3) is 3.13. The number of halogens is 2. The maximum absolute atomic E-state index is 12.1. The number of hydrogen-bond acceptors (Lipinski definition) is 5. The Morgan fingerprint density at radius 1 is 1.33 bits per heavy atom. The Morgan fingerprint density at radius 2 is 2.11 bits per heavy atom. The minimum absolute atomic E-state index is 0.0300. The van der Waals surface area contributed by atoms with Gasteiger partial charge in [0.15, 0.2) is 5.82 Å². The molecule has 0 saturated carbocycles. The van der Waals surface area contributed by atoms with E-state index in [1.165, 1.54) is 6.07 Å². The molecule has 0 bridgehead atoms. The summed E-state index contributed by atoms with van der Waals surface area (Å²) in [5.74, 6) is 0.268. The van der Waals surface area contributed by atoms with Crippen molar-refractivity contribution in [2.24, 2.45) is 0 Å². The second-order valence-electron chi connectivity index (χ2n) is 3.23. The Bertz CT molecular complexity index is 644. The van der Waals surface area contributed by atoms with Gasteiger partial charge in [0.1, 0.15) is 0 Å². The van der Waals surface area contributed by atoms with E-state index in [-0.39, 0.29) is 17.3 Å². The van der Waals surface area contributed by atoms with Crippen LogP contribution in [0.3, 0.4) is 0 Å². The van der Waals surface area contributed by atoms with E-state index in [0.717, 1.165) is 0 Å². The van der Waals surface area contributed by atoms with E-state index >= 15 is 0 Å². The summed E-state index contributed by atoms with van der Waals surface area (Å²) >= 11 is 6.42. The third-order valence-corrected chi connectivity index (χ3v) is 4.88. The summed E-state index contributed by atoms with van der Waals surface area (Å²) in [6, 6.07) is 4.89. The van der Waals surface area contributed by atoms with Gasteiger partial charge in [-0.2, -0.15) is 5.21 Å². The number of tetrazole rings is 1. The van der Waals surface area contributed by atoms with Crippen molar-refractivity contribution in [3.05, 3.63) is 33.0 Å². The minimum atomic E-state index is -3.64. The van der Waals surface area contributed by atoms with Gasteiger partial charge >= 0.3 is 0 Å². The first kappa shape index (κ1) is 13.6. The average molecular weight is 397 g/mol. The van der Waals surface area contributed by atoms with Gasteiger partial charge in [-0.1, -0.05) is 21.1 Å². The summed E-state index contributed by atoms with van der Waals surface area (Å²) in [7, 11) is -3.64. The van der Waals surface area contributed by atoms with Gasteiger partial charge in [-0.05, 0) is 34.1 Å². The van der Waals surface area contributed by atoms with E-state index in [1.54, 1.807) is 12.1 Å². The molecule has 0 aliphatic heterocycles. The number of hydrogen-bond donors (Lipinski definition) is 2. The van der Waals surface area contributed by atoms with Crippen molar-refractivity contribution >= 4 is 41.9 Å². The zero-order valence-corrected chi connectivity index (χ0v) is 12.7. The summed E-state index contributed by atoms with van der Waals surface area (Å²) in [5.41, 5.74) is 0. The van der Waals surface area contributed by atoms with Gasteiger partial charge in [0.05, 0.1) is 11.4 Å². The van der Waals surface area contributed by atoms with Crippen molar-refractivity contribution in [3.8, 4) is 0 Å². The van der Waals surface area contributed by atoms with Crippen LogP contribution in [0, 0.1) is 0 Å². The maximum Gasteiger partial charge on any atom is 0.242 e. The molecule has 0 atom stereocenters. The Balaban J connectivity index is 2.22. The molecule has 10 heteroatoms. The fraction of sp³-hybridized carbons (Fsp3) is 0.125. The van der Waals surface area contributed by atoms with Crippen LogP contribution in [0.25, 0.3) is 0 Å². The Labute approximate surface area is 120 Å². The van der Waals surface area contributed by atoms with Crippen molar-refractivity contribution in [1.82, 2.24) is 25.3 Å². The van der Waals surface area contributed by atoms with Crippen LogP contribution >= 0.6 is 31.9 Å². The molecule has 0 aliphatic rings. The molecule has 0 spiro atoms. The molecule has 1 aromatic carbocycles.